The van der Waals surface area contributed by atoms with Crippen LogP contribution in [-0.2, 0) is 9.47 Å². The van der Waals surface area contributed by atoms with Crippen molar-refractivity contribution in [3.05, 3.63) is 0 Å². The van der Waals surface area contributed by atoms with Crippen LogP contribution in [0.5, 0.6) is 0 Å². The largest absolute Gasteiger partial charge is 0.382 e. The lowest BCUT2D eigenvalue weighted by molar-refractivity contribution is 0.0206. The molecule has 0 aromatic rings. The van der Waals surface area contributed by atoms with Crippen LogP contribution >= 0.6 is 0 Å². The molecule has 1 N–H and O–H groups in total. The first-order chi connectivity index (χ1) is 14.7. The first-order valence-electron chi connectivity index (χ1n) is 12.2. The molecule has 0 bridgehead atoms. The molecule has 3 aliphatic heterocycles. The van der Waals surface area contributed by atoms with Crippen LogP contribution in [0.3, 0.4) is 0 Å². The number of nitrogens with zero attached hydrogens (tertiary/aromatic N) is 4. The Labute approximate surface area is 184 Å². The molecule has 0 radical (unpaired) electrons. The quantitative estimate of drug-likeness (QED) is 0.347. The van der Waals surface area contributed by atoms with Crippen molar-refractivity contribution < 1.29 is 9.47 Å². The van der Waals surface area contributed by atoms with Gasteiger partial charge in [-0.1, -0.05) is 6.42 Å². The Kier molecular flexibility index (Phi) is 9.68. The number of guanidine groups is 1. The minimum absolute atomic E-state index is 0.246. The maximum absolute atomic E-state index is 5.78. The predicted octanol–water partition coefficient (Wildman–Crippen LogP) is 1.89. The average molecular weight is 424 g/mol. The Morgan fingerprint density at radius 3 is 2.53 bits per heavy atom. The zero-order valence-corrected chi connectivity index (χ0v) is 19.7. The molecule has 7 nitrogen and oxygen atoms in total. The molecule has 30 heavy (non-hydrogen) atoms. The second-order valence-corrected chi connectivity index (χ2v) is 9.41. The van der Waals surface area contributed by atoms with Gasteiger partial charge in [0.1, 0.15) is 0 Å². The normalized spacial score (nSPS) is 26.3. The van der Waals surface area contributed by atoms with Gasteiger partial charge in [-0.25, -0.2) is 0 Å². The summed E-state index contributed by atoms with van der Waals surface area (Å²) in [4.78, 5) is 13.0. The van der Waals surface area contributed by atoms with Crippen molar-refractivity contribution in [1.29, 1.82) is 0 Å². The number of ether oxygens (including phenoxy) is 2. The number of hydrogen-bond donors (Lipinski definition) is 1. The van der Waals surface area contributed by atoms with Crippen LogP contribution < -0.4 is 5.32 Å². The number of hydrogen-bond acceptors (Lipinski definition) is 5. The van der Waals surface area contributed by atoms with Crippen molar-refractivity contribution in [1.82, 2.24) is 20.0 Å². The highest BCUT2D eigenvalue weighted by Gasteiger charge is 2.40. The van der Waals surface area contributed by atoms with Gasteiger partial charge in [0.25, 0.3) is 0 Å². The predicted molar refractivity (Wildman–Crippen MR) is 123 cm³/mol. The fourth-order valence-corrected chi connectivity index (χ4v) is 5.18. The summed E-state index contributed by atoms with van der Waals surface area (Å²) in [5.41, 5.74) is 0.246. The highest BCUT2D eigenvalue weighted by atomic mass is 16.5. The van der Waals surface area contributed by atoms with Gasteiger partial charge in [0, 0.05) is 38.2 Å². The topological polar surface area (TPSA) is 52.6 Å². The molecule has 3 saturated heterocycles. The first-order valence-corrected chi connectivity index (χ1v) is 12.2. The van der Waals surface area contributed by atoms with Crippen molar-refractivity contribution >= 4 is 5.96 Å². The van der Waals surface area contributed by atoms with E-state index in [4.69, 9.17) is 14.5 Å². The number of rotatable bonds is 9. The van der Waals surface area contributed by atoms with Gasteiger partial charge in [-0.2, -0.15) is 0 Å². The summed E-state index contributed by atoms with van der Waals surface area (Å²) in [6, 6.07) is 0. The minimum Gasteiger partial charge on any atom is -0.382 e. The Balaban J connectivity index is 1.61. The molecule has 0 spiro atoms. The smallest absolute Gasteiger partial charge is 0.193 e. The summed E-state index contributed by atoms with van der Waals surface area (Å²) in [5.74, 6) is 1.69. The van der Waals surface area contributed by atoms with Crippen LogP contribution in [0.15, 0.2) is 4.99 Å². The van der Waals surface area contributed by atoms with E-state index in [2.05, 4.69) is 34.0 Å². The SMILES string of the molecule is CCNC(=NCC1(N2CCCCC2)CCN(C)CC1)N1CCC(COCCOC)C1. The van der Waals surface area contributed by atoms with Crippen molar-refractivity contribution in [3.8, 4) is 0 Å². The molecule has 0 aliphatic carbocycles. The monoisotopic (exact) mass is 423 g/mol. The van der Waals surface area contributed by atoms with E-state index in [0.29, 0.717) is 19.1 Å². The van der Waals surface area contributed by atoms with E-state index >= 15 is 0 Å². The van der Waals surface area contributed by atoms with Crippen LogP contribution in [0.2, 0.25) is 0 Å². The third kappa shape index (κ3) is 6.55. The van der Waals surface area contributed by atoms with Crippen molar-refractivity contribution in [3.63, 3.8) is 0 Å². The fraction of sp³-hybridized carbons (Fsp3) is 0.957. The molecule has 1 atom stereocenters. The van der Waals surface area contributed by atoms with E-state index in [-0.39, 0.29) is 5.54 Å². The molecular weight excluding hydrogens is 378 g/mol. The van der Waals surface area contributed by atoms with E-state index < -0.39 is 0 Å². The zero-order chi connectivity index (χ0) is 21.2. The highest BCUT2D eigenvalue weighted by Crippen LogP contribution is 2.32. The Bertz CT molecular complexity index is 516. The summed E-state index contributed by atoms with van der Waals surface area (Å²) < 4.78 is 10.9. The molecule has 0 amide bonds. The maximum Gasteiger partial charge on any atom is 0.193 e. The summed E-state index contributed by atoms with van der Waals surface area (Å²) in [7, 11) is 3.98. The van der Waals surface area contributed by atoms with E-state index in [9.17, 15) is 0 Å². The number of methoxy groups -OCH3 is 1. The highest BCUT2D eigenvalue weighted by molar-refractivity contribution is 5.80. The Morgan fingerprint density at radius 1 is 1.07 bits per heavy atom. The van der Waals surface area contributed by atoms with Crippen LogP contribution in [0, 0.1) is 5.92 Å². The van der Waals surface area contributed by atoms with E-state index in [1.165, 1.54) is 64.7 Å². The third-order valence-electron chi connectivity index (χ3n) is 7.17. The standard InChI is InChI=1S/C23H45N5O2/c1-4-24-22(27-13-8-21(18-27)19-30-17-16-29-3)25-20-23(9-14-26(2)15-10-23)28-11-6-5-7-12-28/h21H,4-20H2,1-3H3,(H,24,25). The molecule has 3 aliphatic rings. The van der Waals surface area contributed by atoms with Crippen LogP contribution in [0.4, 0.5) is 0 Å². The van der Waals surface area contributed by atoms with Gasteiger partial charge >= 0.3 is 0 Å². The Morgan fingerprint density at radius 2 is 1.83 bits per heavy atom. The Hall–Kier alpha value is -0.890. The van der Waals surface area contributed by atoms with Gasteiger partial charge in [0.2, 0.25) is 0 Å². The lowest BCUT2D eigenvalue weighted by atomic mass is 9.84. The molecule has 3 rings (SSSR count). The summed E-state index contributed by atoms with van der Waals surface area (Å²) in [5, 5.41) is 3.58. The maximum atomic E-state index is 5.78. The second kappa shape index (κ2) is 12.2. The van der Waals surface area contributed by atoms with Crippen molar-refractivity contribution in [2.24, 2.45) is 10.9 Å². The molecule has 1 unspecified atom stereocenters. The van der Waals surface area contributed by atoms with Crippen LogP contribution in [0.1, 0.15) is 45.4 Å². The fourth-order valence-electron chi connectivity index (χ4n) is 5.18. The molecule has 7 heteroatoms. The summed E-state index contributed by atoms with van der Waals surface area (Å²) >= 11 is 0. The van der Waals surface area contributed by atoms with Gasteiger partial charge in [-0.15, -0.1) is 0 Å². The number of piperidine rings is 2. The molecule has 174 valence electrons. The summed E-state index contributed by atoms with van der Waals surface area (Å²) in [6.07, 6.45) is 7.74. The second-order valence-electron chi connectivity index (χ2n) is 9.41. The van der Waals surface area contributed by atoms with Crippen molar-refractivity contribution in [2.45, 2.75) is 51.0 Å². The molecule has 0 aromatic heterocycles. The average Bonchev–Trinajstić information content (AvgIpc) is 3.25. The first kappa shape index (κ1) is 23.8. The van der Waals surface area contributed by atoms with Gasteiger partial charge in [-0.05, 0) is 72.3 Å². The summed E-state index contributed by atoms with van der Waals surface area (Å²) in [6.45, 7) is 13.2. The molecule has 3 heterocycles. The van der Waals surface area contributed by atoms with Gasteiger partial charge in [0.05, 0.1) is 26.4 Å². The van der Waals surface area contributed by atoms with Crippen LogP contribution in [0.25, 0.3) is 0 Å². The number of aliphatic imine (C=N–C) groups is 1. The van der Waals surface area contributed by atoms with Gasteiger partial charge < -0.3 is 24.6 Å². The molecular formula is C23H45N5O2. The van der Waals surface area contributed by atoms with Crippen molar-refractivity contribution in [2.75, 3.05) is 86.3 Å². The zero-order valence-electron chi connectivity index (χ0n) is 19.7. The van der Waals surface area contributed by atoms with Gasteiger partial charge in [-0.3, -0.25) is 9.89 Å². The number of nitrogens with one attached hydrogen (secondary N) is 1. The number of likely N-dealkylation sites (tertiary alicyclic amines) is 3. The van der Waals surface area contributed by atoms with E-state index in [1.54, 1.807) is 7.11 Å². The lowest BCUT2D eigenvalue weighted by Crippen LogP contribution is -2.58. The van der Waals surface area contributed by atoms with Crippen LogP contribution in [-0.4, -0.2) is 113 Å². The van der Waals surface area contributed by atoms with E-state index in [0.717, 1.165) is 38.7 Å². The third-order valence-corrected chi connectivity index (χ3v) is 7.17. The molecule has 0 aromatic carbocycles. The minimum atomic E-state index is 0.246. The van der Waals surface area contributed by atoms with E-state index in [1.807, 2.05) is 0 Å². The molecule has 3 fully saturated rings. The molecule has 0 saturated carbocycles. The van der Waals surface area contributed by atoms with Gasteiger partial charge in [0.15, 0.2) is 5.96 Å². The lowest BCUT2D eigenvalue weighted by Gasteiger charge is -2.49.